The van der Waals surface area contributed by atoms with Crippen molar-refractivity contribution in [2.75, 3.05) is 31.6 Å². The highest BCUT2D eigenvalue weighted by atomic mass is 19.1. The van der Waals surface area contributed by atoms with Crippen LogP contribution in [0.1, 0.15) is 12.8 Å². The van der Waals surface area contributed by atoms with Crippen molar-refractivity contribution in [3.63, 3.8) is 0 Å². The number of carbonyl (C=O) groups is 1. The molecule has 1 atom stereocenters. The fourth-order valence-electron chi connectivity index (χ4n) is 2.46. The van der Waals surface area contributed by atoms with Gasteiger partial charge < -0.3 is 10.0 Å². The normalized spacial score (nSPS) is 19.5. The van der Waals surface area contributed by atoms with Crippen molar-refractivity contribution in [2.24, 2.45) is 0 Å². The molecule has 0 spiro atoms. The first kappa shape index (κ1) is 14.0. The lowest BCUT2D eigenvalue weighted by molar-refractivity contribution is -0.121. The van der Waals surface area contributed by atoms with E-state index in [0.29, 0.717) is 31.6 Å². The molecular formula is C14H19FN2O2. The minimum atomic E-state index is -0.366. The van der Waals surface area contributed by atoms with Crippen LogP contribution in [0, 0.1) is 5.82 Å². The van der Waals surface area contributed by atoms with Gasteiger partial charge in [0, 0.05) is 19.7 Å². The lowest BCUT2D eigenvalue weighted by Crippen LogP contribution is -2.40. The van der Waals surface area contributed by atoms with Crippen LogP contribution in [-0.2, 0) is 4.79 Å². The monoisotopic (exact) mass is 266 g/mol. The number of rotatable bonds is 5. The third-order valence-electron chi connectivity index (χ3n) is 3.52. The molecular weight excluding hydrogens is 247 g/mol. The molecule has 4 nitrogen and oxygen atoms in total. The van der Waals surface area contributed by atoms with Crippen LogP contribution in [-0.4, -0.2) is 48.7 Å². The molecule has 1 heterocycles. The third-order valence-corrected chi connectivity index (χ3v) is 3.52. The van der Waals surface area contributed by atoms with Gasteiger partial charge in [0.05, 0.1) is 11.7 Å². The first-order valence-corrected chi connectivity index (χ1v) is 6.52. The number of carbonyl (C=O) groups excluding carboxylic acids is 1. The van der Waals surface area contributed by atoms with Gasteiger partial charge in [-0.25, -0.2) is 4.39 Å². The molecule has 19 heavy (non-hydrogen) atoms. The SMILES string of the molecule is CN(CCCO)C1CCN(c2ccccc2F)C1=O. The van der Waals surface area contributed by atoms with Gasteiger partial charge in [0.1, 0.15) is 5.82 Å². The molecule has 1 unspecified atom stereocenters. The molecule has 1 saturated heterocycles. The van der Waals surface area contributed by atoms with E-state index >= 15 is 0 Å². The molecule has 0 radical (unpaired) electrons. The molecule has 5 heteroatoms. The number of benzene rings is 1. The topological polar surface area (TPSA) is 43.8 Å². The lowest BCUT2D eigenvalue weighted by atomic mass is 10.2. The molecule has 1 fully saturated rings. The Morgan fingerprint density at radius 3 is 2.89 bits per heavy atom. The maximum Gasteiger partial charge on any atom is 0.244 e. The average molecular weight is 266 g/mol. The molecule has 0 aromatic heterocycles. The zero-order valence-corrected chi connectivity index (χ0v) is 11.1. The first-order chi connectivity index (χ1) is 9.15. The quantitative estimate of drug-likeness (QED) is 0.872. The van der Waals surface area contributed by atoms with Crippen LogP contribution in [0.2, 0.25) is 0 Å². The van der Waals surface area contributed by atoms with E-state index in [0.717, 1.165) is 0 Å². The summed E-state index contributed by atoms with van der Waals surface area (Å²) in [5.74, 6) is -0.431. The maximum atomic E-state index is 13.7. The minimum Gasteiger partial charge on any atom is -0.396 e. The number of nitrogens with zero attached hydrogens (tertiary/aromatic N) is 2. The van der Waals surface area contributed by atoms with E-state index in [1.165, 1.54) is 11.0 Å². The van der Waals surface area contributed by atoms with E-state index < -0.39 is 0 Å². The Morgan fingerprint density at radius 1 is 1.47 bits per heavy atom. The Bertz CT molecular complexity index is 453. The molecule has 2 rings (SSSR count). The molecule has 1 aromatic carbocycles. The number of halogens is 1. The van der Waals surface area contributed by atoms with Gasteiger partial charge in [-0.15, -0.1) is 0 Å². The van der Waals surface area contributed by atoms with Crippen molar-refractivity contribution in [1.29, 1.82) is 0 Å². The molecule has 0 aliphatic carbocycles. The Hall–Kier alpha value is -1.46. The molecule has 104 valence electrons. The number of hydrogen-bond donors (Lipinski definition) is 1. The number of aliphatic hydroxyl groups excluding tert-OH is 1. The van der Waals surface area contributed by atoms with Crippen LogP contribution in [0.25, 0.3) is 0 Å². The van der Waals surface area contributed by atoms with Crippen LogP contribution in [0.3, 0.4) is 0 Å². The van der Waals surface area contributed by atoms with Crippen molar-refractivity contribution in [3.05, 3.63) is 30.1 Å². The molecule has 1 N–H and O–H groups in total. The van der Waals surface area contributed by atoms with Gasteiger partial charge in [-0.1, -0.05) is 12.1 Å². The number of aliphatic hydroxyl groups is 1. The van der Waals surface area contributed by atoms with Gasteiger partial charge in [-0.05, 0) is 32.0 Å². The van der Waals surface area contributed by atoms with Gasteiger partial charge in [-0.3, -0.25) is 9.69 Å². The first-order valence-electron chi connectivity index (χ1n) is 6.52. The van der Waals surface area contributed by atoms with Gasteiger partial charge >= 0.3 is 0 Å². The van der Waals surface area contributed by atoms with Gasteiger partial charge in [0.25, 0.3) is 0 Å². The van der Waals surface area contributed by atoms with Crippen LogP contribution < -0.4 is 4.90 Å². The van der Waals surface area contributed by atoms with E-state index in [2.05, 4.69) is 0 Å². The Kier molecular flexibility index (Phi) is 4.50. The average Bonchev–Trinajstić information content (AvgIpc) is 2.78. The second-order valence-electron chi connectivity index (χ2n) is 4.80. The molecule has 1 aromatic rings. The molecule has 1 amide bonds. The summed E-state index contributed by atoms with van der Waals surface area (Å²) in [6.07, 6.45) is 1.33. The van der Waals surface area contributed by atoms with Crippen LogP contribution >= 0.6 is 0 Å². The molecule has 1 aliphatic heterocycles. The summed E-state index contributed by atoms with van der Waals surface area (Å²) < 4.78 is 13.7. The van der Waals surface area contributed by atoms with Crippen molar-refractivity contribution in [1.82, 2.24) is 4.90 Å². The third kappa shape index (κ3) is 2.93. The minimum absolute atomic E-state index is 0.0643. The number of amides is 1. The van der Waals surface area contributed by atoms with Crippen molar-refractivity contribution < 1.29 is 14.3 Å². The molecule has 1 aliphatic rings. The van der Waals surface area contributed by atoms with E-state index in [4.69, 9.17) is 5.11 Å². The number of likely N-dealkylation sites (N-methyl/N-ethyl adjacent to an activating group) is 1. The Morgan fingerprint density at radius 2 is 2.21 bits per heavy atom. The number of hydrogen-bond acceptors (Lipinski definition) is 3. The highest BCUT2D eigenvalue weighted by Crippen LogP contribution is 2.26. The van der Waals surface area contributed by atoms with Crippen molar-refractivity contribution in [3.8, 4) is 0 Å². The zero-order chi connectivity index (χ0) is 13.8. The largest absolute Gasteiger partial charge is 0.396 e. The van der Waals surface area contributed by atoms with Crippen LogP contribution in [0.5, 0.6) is 0 Å². The maximum absolute atomic E-state index is 13.7. The summed E-state index contributed by atoms with van der Waals surface area (Å²) in [5, 5.41) is 8.82. The second kappa shape index (κ2) is 6.12. The van der Waals surface area contributed by atoms with E-state index in [-0.39, 0.29) is 24.4 Å². The summed E-state index contributed by atoms with van der Waals surface area (Å²) in [4.78, 5) is 15.8. The van der Waals surface area contributed by atoms with Crippen LogP contribution in [0.15, 0.2) is 24.3 Å². The zero-order valence-electron chi connectivity index (χ0n) is 11.1. The highest BCUT2D eigenvalue weighted by Gasteiger charge is 2.35. The number of anilines is 1. The molecule has 0 bridgehead atoms. The van der Waals surface area contributed by atoms with Gasteiger partial charge in [0.15, 0.2) is 0 Å². The summed E-state index contributed by atoms with van der Waals surface area (Å²) >= 11 is 0. The van der Waals surface area contributed by atoms with E-state index in [9.17, 15) is 9.18 Å². The Balaban J connectivity index is 2.08. The second-order valence-corrected chi connectivity index (χ2v) is 4.80. The van der Waals surface area contributed by atoms with Gasteiger partial charge in [-0.2, -0.15) is 0 Å². The van der Waals surface area contributed by atoms with Crippen molar-refractivity contribution in [2.45, 2.75) is 18.9 Å². The molecule has 0 saturated carbocycles. The predicted octanol–water partition coefficient (Wildman–Crippen LogP) is 1.25. The summed E-state index contributed by atoms with van der Waals surface area (Å²) in [5.41, 5.74) is 0.352. The Labute approximate surface area is 112 Å². The van der Waals surface area contributed by atoms with Crippen molar-refractivity contribution >= 4 is 11.6 Å². The smallest absolute Gasteiger partial charge is 0.244 e. The van der Waals surface area contributed by atoms with E-state index in [1.807, 2.05) is 11.9 Å². The highest BCUT2D eigenvalue weighted by molar-refractivity contribution is 5.99. The van der Waals surface area contributed by atoms with Gasteiger partial charge in [0.2, 0.25) is 5.91 Å². The summed E-state index contributed by atoms with van der Waals surface area (Å²) in [6.45, 7) is 1.31. The van der Waals surface area contributed by atoms with E-state index in [1.54, 1.807) is 18.2 Å². The standard InChI is InChI=1S/C14H19FN2O2/c1-16(8-4-10-18)13-7-9-17(14(13)19)12-6-3-2-5-11(12)15/h2-3,5-6,13,18H,4,7-10H2,1H3. The summed E-state index contributed by atoms with van der Waals surface area (Å²) in [6, 6.07) is 6.12. The van der Waals surface area contributed by atoms with Crippen LogP contribution in [0.4, 0.5) is 10.1 Å². The summed E-state index contributed by atoms with van der Waals surface area (Å²) in [7, 11) is 1.86. The lowest BCUT2D eigenvalue weighted by Gasteiger charge is -2.23. The fourth-order valence-corrected chi connectivity index (χ4v) is 2.46. The predicted molar refractivity (Wildman–Crippen MR) is 71.5 cm³/mol. The number of para-hydroxylation sites is 1. The fraction of sp³-hybridized carbons (Fsp3) is 0.500.